The van der Waals surface area contributed by atoms with Crippen molar-refractivity contribution in [3.63, 3.8) is 0 Å². The molecule has 0 aromatic heterocycles. The predicted octanol–water partition coefficient (Wildman–Crippen LogP) is 2.90. The zero-order chi connectivity index (χ0) is 12.1. The Bertz CT molecular complexity index is 369. The van der Waals surface area contributed by atoms with Crippen LogP contribution in [0.15, 0.2) is 18.2 Å². The molecule has 1 aromatic carbocycles. The minimum Gasteiger partial charge on any atom is -0.330 e. The fourth-order valence-electron chi connectivity index (χ4n) is 1.79. The van der Waals surface area contributed by atoms with Gasteiger partial charge in [0.15, 0.2) is 5.78 Å². The minimum atomic E-state index is 0.168. The maximum Gasteiger partial charge on any atom is 0.164 e. The summed E-state index contributed by atoms with van der Waals surface area (Å²) >= 11 is 0. The first-order valence-corrected chi connectivity index (χ1v) is 5.96. The first-order valence-electron chi connectivity index (χ1n) is 5.96. The van der Waals surface area contributed by atoms with Gasteiger partial charge >= 0.3 is 0 Å². The Kier molecular flexibility index (Phi) is 4.69. The molecule has 2 nitrogen and oxygen atoms in total. The fourth-order valence-corrected chi connectivity index (χ4v) is 1.79. The Hall–Kier alpha value is -1.15. The van der Waals surface area contributed by atoms with E-state index in [1.54, 1.807) is 0 Å². The Morgan fingerprint density at radius 1 is 1.38 bits per heavy atom. The molecule has 88 valence electrons. The van der Waals surface area contributed by atoms with E-state index in [0.717, 1.165) is 17.5 Å². The highest BCUT2D eigenvalue weighted by atomic mass is 16.1. The SMILES string of the molecule is CCc1ccc(C(C)C)cc1C(=O)CCN. The van der Waals surface area contributed by atoms with Crippen LogP contribution in [0.5, 0.6) is 0 Å². The molecule has 1 rings (SSSR count). The van der Waals surface area contributed by atoms with E-state index in [9.17, 15) is 4.79 Å². The largest absolute Gasteiger partial charge is 0.330 e. The van der Waals surface area contributed by atoms with Crippen molar-refractivity contribution in [3.8, 4) is 0 Å². The Morgan fingerprint density at radius 3 is 2.56 bits per heavy atom. The summed E-state index contributed by atoms with van der Waals surface area (Å²) in [6, 6.07) is 6.21. The van der Waals surface area contributed by atoms with Gasteiger partial charge in [-0.3, -0.25) is 4.79 Å². The van der Waals surface area contributed by atoms with Crippen molar-refractivity contribution in [2.75, 3.05) is 6.54 Å². The van der Waals surface area contributed by atoms with Gasteiger partial charge in [-0.15, -0.1) is 0 Å². The molecule has 0 aliphatic heterocycles. The van der Waals surface area contributed by atoms with Crippen LogP contribution in [0.1, 0.15) is 54.6 Å². The molecule has 0 spiro atoms. The topological polar surface area (TPSA) is 43.1 Å². The lowest BCUT2D eigenvalue weighted by Gasteiger charge is -2.11. The third-order valence-electron chi connectivity index (χ3n) is 2.85. The maximum atomic E-state index is 11.9. The molecule has 0 amide bonds. The van der Waals surface area contributed by atoms with E-state index < -0.39 is 0 Å². The number of ketones is 1. The summed E-state index contributed by atoms with van der Waals surface area (Å²) in [6.07, 6.45) is 1.33. The molecule has 16 heavy (non-hydrogen) atoms. The van der Waals surface area contributed by atoms with E-state index >= 15 is 0 Å². The van der Waals surface area contributed by atoms with E-state index in [1.807, 2.05) is 6.07 Å². The van der Waals surface area contributed by atoms with Gasteiger partial charge < -0.3 is 5.73 Å². The molecular formula is C14H21NO. The molecule has 0 bridgehead atoms. The van der Waals surface area contributed by atoms with Gasteiger partial charge in [0.2, 0.25) is 0 Å². The lowest BCUT2D eigenvalue weighted by atomic mass is 9.93. The molecule has 0 saturated heterocycles. The van der Waals surface area contributed by atoms with Gasteiger partial charge in [-0.05, 0) is 36.1 Å². The molecule has 0 aliphatic rings. The van der Waals surface area contributed by atoms with Crippen LogP contribution < -0.4 is 5.73 Å². The molecule has 0 radical (unpaired) electrons. The number of rotatable bonds is 5. The molecule has 0 unspecified atom stereocenters. The Labute approximate surface area is 97.9 Å². The molecule has 0 atom stereocenters. The van der Waals surface area contributed by atoms with Gasteiger partial charge in [0.05, 0.1) is 0 Å². The van der Waals surface area contributed by atoms with E-state index in [-0.39, 0.29) is 5.78 Å². The second-order valence-corrected chi connectivity index (χ2v) is 4.39. The number of Topliss-reactive ketones (excluding diaryl/α,β-unsaturated/α-hetero) is 1. The monoisotopic (exact) mass is 219 g/mol. The van der Waals surface area contributed by atoms with Crippen LogP contribution in [0.2, 0.25) is 0 Å². The van der Waals surface area contributed by atoms with E-state index in [2.05, 4.69) is 32.9 Å². The number of benzene rings is 1. The number of carbonyl (C=O) groups excluding carboxylic acids is 1. The van der Waals surface area contributed by atoms with Crippen LogP contribution >= 0.6 is 0 Å². The van der Waals surface area contributed by atoms with Crippen molar-refractivity contribution in [2.45, 2.75) is 39.5 Å². The second-order valence-electron chi connectivity index (χ2n) is 4.39. The van der Waals surface area contributed by atoms with Crippen molar-refractivity contribution >= 4 is 5.78 Å². The highest BCUT2D eigenvalue weighted by molar-refractivity contribution is 5.97. The van der Waals surface area contributed by atoms with Gasteiger partial charge in [0.1, 0.15) is 0 Å². The quantitative estimate of drug-likeness (QED) is 0.774. The van der Waals surface area contributed by atoms with Gasteiger partial charge in [0.25, 0.3) is 0 Å². The maximum absolute atomic E-state index is 11.9. The number of aryl methyl sites for hydroxylation is 1. The molecule has 0 heterocycles. The van der Waals surface area contributed by atoms with E-state index in [1.165, 1.54) is 5.56 Å². The fraction of sp³-hybridized carbons (Fsp3) is 0.500. The van der Waals surface area contributed by atoms with Gasteiger partial charge in [-0.25, -0.2) is 0 Å². The second kappa shape index (κ2) is 5.80. The zero-order valence-electron chi connectivity index (χ0n) is 10.4. The lowest BCUT2D eigenvalue weighted by Crippen LogP contribution is -2.10. The molecular weight excluding hydrogens is 198 g/mol. The standard InChI is InChI=1S/C14H21NO/c1-4-11-5-6-12(10(2)3)9-13(11)14(16)7-8-15/h5-6,9-10H,4,7-8,15H2,1-3H3. The molecule has 0 aliphatic carbocycles. The zero-order valence-corrected chi connectivity index (χ0v) is 10.4. The number of carbonyl (C=O) groups is 1. The first kappa shape index (κ1) is 12.9. The van der Waals surface area contributed by atoms with Crippen LogP contribution in [0.25, 0.3) is 0 Å². The summed E-state index contributed by atoms with van der Waals surface area (Å²) in [5, 5.41) is 0. The normalized spacial score (nSPS) is 10.8. The molecule has 0 saturated carbocycles. The summed E-state index contributed by atoms with van der Waals surface area (Å²) < 4.78 is 0. The third-order valence-corrected chi connectivity index (χ3v) is 2.85. The number of hydrogen-bond acceptors (Lipinski definition) is 2. The van der Waals surface area contributed by atoms with Crippen molar-refractivity contribution in [1.29, 1.82) is 0 Å². The average Bonchev–Trinajstić information content (AvgIpc) is 2.28. The number of nitrogens with two attached hydrogens (primary N) is 1. The third kappa shape index (κ3) is 2.92. The molecule has 2 heteroatoms. The first-order chi connectivity index (χ1) is 7.60. The van der Waals surface area contributed by atoms with Crippen molar-refractivity contribution in [2.24, 2.45) is 5.73 Å². The van der Waals surface area contributed by atoms with Crippen LogP contribution in [0.3, 0.4) is 0 Å². The summed E-state index contributed by atoms with van der Waals surface area (Å²) in [6.45, 7) is 6.77. The smallest absolute Gasteiger partial charge is 0.164 e. The Morgan fingerprint density at radius 2 is 2.06 bits per heavy atom. The summed E-state index contributed by atoms with van der Waals surface area (Å²) in [5.74, 6) is 0.622. The van der Waals surface area contributed by atoms with Crippen LogP contribution in [0, 0.1) is 0 Å². The molecule has 2 N–H and O–H groups in total. The Balaban J connectivity index is 3.11. The number of hydrogen-bond donors (Lipinski definition) is 1. The van der Waals surface area contributed by atoms with Crippen LogP contribution in [-0.2, 0) is 6.42 Å². The average molecular weight is 219 g/mol. The van der Waals surface area contributed by atoms with Gasteiger partial charge in [-0.1, -0.05) is 32.9 Å². The van der Waals surface area contributed by atoms with Crippen molar-refractivity contribution < 1.29 is 4.79 Å². The van der Waals surface area contributed by atoms with Gasteiger partial charge in [-0.2, -0.15) is 0 Å². The van der Waals surface area contributed by atoms with Gasteiger partial charge in [0, 0.05) is 12.0 Å². The van der Waals surface area contributed by atoms with Crippen molar-refractivity contribution in [1.82, 2.24) is 0 Å². The van der Waals surface area contributed by atoms with Crippen molar-refractivity contribution in [3.05, 3.63) is 34.9 Å². The predicted molar refractivity (Wildman–Crippen MR) is 67.9 cm³/mol. The minimum absolute atomic E-state index is 0.168. The lowest BCUT2D eigenvalue weighted by molar-refractivity contribution is 0.0984. The van der Waals surface area contributed by atoms with E-state index in [4.69, 9.17) is 5.73 Å². The highest BCUT2D eigenvalue weighted by Crippen LogP contribution is 2.20. The van der Waals surface area contributed by atoms with Crippen LogP contribution in [-0.4, -0.2) is 12.3 Å². The molecule has 0 fully saturated rings. The molecule has 1 aromatic rings. The highest BCUT2D eigenvalue weighted by Gasteiger charge is 2.11. The summed E-state index contributed by atoms with van der Waals surface area (Å²) in [7, 11) is 0. The van der Waals surface area contributed by atoms with Crippen LogP contribution in [0.4, 0.5) is 0 Å². The summed E-state index contributed by atoms with van der Waals surface area (Å²) in [5.41, 5.74) is 8.64. The summed E-state index contributed by atoms with van der Waals surface area (Å²) in [4.78, 5) is 11.9. The van der Waals surface area contributed by atoms with E-state index in [0.29, 0.717) is 18.9 Å².